The van der Waals surface area contributed by atoms with Crippen LogP contribution in [0.1, 0.15) is 50.2 Å². The molecule has 0 bridgehead atoms. The molecule has 1 atom stereocenters. The van der Waals surface area contributed by atoms with Gasteiger partial charge in [0.2, 0.25) is 0 Å². The molecule has 1 aliphatic carbocycles. The van der Waals surface area contributed by atoms with E-state index in [1.165, 1.54) is 45.2 Å². The third kappa shape index (κ3) is 5.45. The zero-order chi connectivity index (χ0) is 18.2. The molecular formula is C21H34N4O. The third-order valence-corrected chi connectivity index (χ3v) is 5.64. The lowest BCUT2D eigenvalue weighted by Gasteiger charge is -2.21. The first-order chi connectivity index (χ1) is 12.8. The van der Waals surface area contributed by atoms with Gasteiger partial charge < -0.3 is 20.6 Å². The molecule has 1 aromatic carbocycles. The molecule has 0 spiro atoms. The normalized spacial score (nSPS) is 22.1. The SMILES string of the molecule is CCNC(=NCc1ccccc1CO)NC1CCN(CC2CCCC2)C1. The number of benzene rings is 1. The van der Waals surface area contributed by atoms with Gasteiger partial charge in [-0.15, -0.1) is 0 Å². The van der Waals surface area contributed by atoms with Crippen molar-refractivity contribution >= 4 is 5.96 Å². The van der Waals surface area contributed by atoms with Crippen LogP contribution in [-0.2, 0) is 13.2 Å². The highest BCUT2D eigenvalue weighted by atomic mass is 16.3. The standard InChI is InChI=1S/C21H34N4O/c1-2-22-21(23-13-18-9-5-6-10-19(18)16-26)24-20-11-12-25(15-20)14-17-7-3-4-8-17/h5-6,9-10,17,20,26H,2-4,7-8,11-16H2,1H3,(H2,22,23,24). The Kier molecular flexibility index (Phi) is 7.32. The van der Waals surface area contributed by atoms with Gasteiger partial charge in [-0.2, -0.15) is 0 Å². The van der Waals surface area contributed by atoms with E-state index in [9.17, 15) is 5.11 Å². The Morgan fingerprint density at radius 2 is 1.96 bits per heavy atom. The number of nitrogens with one attached hydrogen (secondary N) is 2. The van der Waals surface area contributed by atoms with Crippen molar-refractivity contribution in [1.29, 1.82) is 0 Å². The van der Waals surface area contributed by atoms with Crippen molar-refractivity contribution in [3.05, 3.63) is 35.4 Å². The van der Waals surface area contributed by atoms with Crippen LogP contribution in [0, 0.1) is 5.92 Å². The molecule has 3 rings (SSSR count). The summed E-state index contributed by atoms with van der Waals surface area (Å²) in [6.45, 7) is 7.19. The average Bonchev–Trinajstić information content (AvgIpc) is 3.32. The van der Waals surface area contributed by atoms with Gasteiger partial charge in [0, 0.05) is 32.2 Å². The van der Waals surface area contributed by atoms with Crippen molar-refractivity contribution in [3.8, 4) is 0 Å². The molecule has 0 aromatic heterocycles. The molecule has 2 fully saturated rings. The second-order valence-corrected chi connectivity index (χ2v) is 7.66. The molecule has 2 aliphatic rings. The summed E-state index contributed by atoms with van der Waals surface area (Å²) in [6.07, 6.45) is 6.87. The van der Waals surface area contributed by atoms with E-state index >= 15 is 0 Å². The van der Waals surface area contributed by atoms with Gasteiger partial charge in [-0.05, 0) is 43.2 Å². The summed E-state index contributed by atoms with van der Waals surface area (Å²) >= 11 is 0. The van der Waals surface area contributed by atoms with E-state index in [0.29, 0.717) is 12.6 Å². The Labute approximate surface area is 157 Å². The fourth-order valence-corrected chi connectivity index (χ4v) is 4.22. The number of likely N-dealkylation sites (tertiary alicyclic amines) is 1. The number of aliphatic imine (C=N–C) groups is 1. The maximum atomic E-state index is 9.48. The maximum absolute atomic E-state index is 9.48. The van der Waals surface area contributed by atoms with Crippen LogP contribution in [0.2, 0.25) is 0 Å². The van der Waals surface area contributed by atoms with Crippen LogP contribution in [0.3, 0.4) is 0 Å². The molecule has 5 heteroatoms. The van der Waals surface area contributed by atoms with Crippen molar-refractivity contribution in [2.45, 2.75) is 58.2 Å². The number of hydrogen-bond acceptors (Lipinski definition) is 3. The molecule has 5 nitrogen and oxygen atoms in total. The van der Waals surface area contributed by atoms with E-state index in [-0.39, 0.29) is 6.61 Å². The summed E-state index contributed by atoms with van der Waals surface area (Å²) in [5, 5.41) is 16.5. The Morgan fingerprint density at radius 3 is 2.69 bits per heavy atom. The topological polar surface area (TPSA) is 59.9 Å². The highest BCUT2D eigenvalue weighted by Gasteiger charge is 2.26. The van der Waals surface area contributed by atoms with Crippen molar-refractivity contribution < 1.29 is 5.11 Å². The quantitative estimate of drug-likeness (QED) is 0.518. The Bertz CT molecular complexity index is 583. The number of hydrogen-bond donors (Lipinski definition) is 3. The molecule has 1 saturated carbocycles. The first-order valence-electron chi connectivity index (χ1n) is 10.2. The third-order valence-electron chi connectivity index (χ3n) is 5.64. The van der Waals surface area contributed by atoms with Crippen LogP contribution in [0.15, 0.2) is 29.3 Å². The Hall–Kier alpha value is -1.59. The van der Waals surface area contributed by atoms with Gasteiger partial charge in [0.1, 0.15) is 0 Å². The van der Waals surface area contributed by atoms with Gasteiger partial charge in [-0.3, -0.25) is 0 Å². The predicted molar refractivity (Wildman–Crippen MR) is 107 cm³/mol. The molecular weight excluding hydrogens is 324 g/mol. The van der Waals surface area contributed by atoms with E-state index in [2.05, 4.69) is 22.5 Å². The van der Waals surface area contributed by atoms with E-state index in [1.807, 2.05) is 24.3 Å². The number of aliphatic hydroxyl groups excluding tert-OH is 1. The van der Waals surface area contributed by atoms with Crippen LogP contribution >= 0.6 is 0 Å². The molecule has 144 valence electrons. The average molecular weight is 359 g/mol. The monoisotopic (exact) mass is 358 g/mol. The van der Waals surface area contributed by atoms with Crippen molar-refractivity contribution in [1.82, 2.24) is 15.5 Å². The molecule has 0 amide bonds. The minimum absolute atomic E-state index is 0.0639. The maximum Gasteiger partial charge on any atom is 0.191 e. The molecule has 1 heterocycles. The summed E-state index contributed by atoms with van der Waals surface area (Å²) < 4.78 is 0. The lowest BCUT2D eigenvalue weighted by molar-refractivity contribution is 0.275. The molecule has 1 aromatic rings. The molecule has 1 aliphatic heterocycles. The lowest BCUT2D eigenvalue weighted by atomic mass is 10.1. The summed E-state index contributed by atoms with van der Waals surface area (Å²) in [5.74, 6) is 1.80. The number of guanidine groups is 1. The zero-order valence-electron chi connectivity index (χ0n) is 16.1. The van der Waals surface area contributed by atoms with Crippen LogP contribution in [-0.4, -0.2) is 48.2 Å². The lowest BCUT2D eigenvalue weighted by Crippen LogP contribution is -2.44. The summed E-state index contributed by atoms with van der Waals surface area (Å²) in [6, 6.07) is 8.44. The predicted octanol–water partition coefficient (Wildman–Crippen LogP) is 2.50. The largest absolute Gasteiger partial charge is 0.392 e. The number of nitrogens with zero attached hydrogens (tertiary/aromatic N) is 2. The Morgan fingerprint density at radius 1 is 1.19 bits per heavy atom. The minimum atomic E-state index is 0.0639. The molecule has 1 unspecified atom stereocenters. The zero-order valence-corrected chi connectivity index (χ0v) is 16.1. The second kappa shape index (κ2) is 9.93. The first-order valence-corrected chi connectivity index (χ1v) is 10.2. The fourth-order valence-electron chi connectivity index (χ4n) is 4.22. The number of aliphatic hydroxyl groups is 1. The number of rotatable bonds is 7. The highest BCUT2D eigenvalue weighted by molar-refractivity contribution is 5.80. The molecule has 0 radical (unpaired) electrons. The summed E-state index contributed by atoms with van der Waals surface area (Å²) in [4.78, 5) is 7.37. The smallest absolute Gasteiger partial charge is 0.191 e. The Balaban J connectivity index is 1.53. The van der Waals surface area contributed by atoms with Crippen molar-refractivity contribution in [2.24, 2.45) is 10.9 Å². The fraction of sp³-hybridized carbons (Fsp3) is 0.667. The van der Waals surface area contributed by atoms with Crippen LogP contribution < -0.4 is 10.6 Å². The van der Waals surface area contributed by atoms with Gasteiger partial charge in [0.15, 0.2) is 5.96 Å². The van der Waals surface area contributed by atoms with E-state index < -0.39 is 0 Å². The first kappa shape index (κ1) is 19.2. The highest BCUT2D eigenvalue weighted by Crippen LogP contribution is 2.26. The van der Waals surface area contributed by atoms with Gasteiger partial charge in [-0.25, -0.2) is 4.99 Å². The van der Waals surface area contributed by atoms with E-state index in [0.717, 1.165) is 36.1 Å². The van der Waals surface area contributed by atoms with Gasteiger partial charge >= 0.3 is 0 Å². The van der Waals surface area contributed by atoms with E-state index in [4.69, 9.17) is 4.99 Å². The van der Waals surface area contributed by atoms with Crippen molar-refractivity contribution in [3.63, 3.8) is 0 Å². The van der Waals surface area contributed by atoms with Gasteiger partial charge in [-0.1, -0.05) is 37.1 Å². The van der Waals surface area contributed by atoms with Crippen LogP contribution in [0.25, 0.3) is 0 Å². The van der Waals surface area contributed by atoms with Gasteiger partial charge in [0.25, 0.3) is 0 Å². The van der Waals surface area contributed by atoms with Gasteiger partial charge in [0.05, 0.1) is 13.2 Å². The second-order valence-electron chi connectivity index (χ2n) is 7.66. The van der Waals surface area contributed by atoms with Crippen LogP contribution in [0.4, 0.5) is 0 Å². The van der Waals surface area contributed by atoms with Crippen molar-refractivity contribution in [2.75, 3.05) is 26.2 Å². The summed E-state index contributed by atoms with van der Waals surface area (Å²) in [7, 11) is 0. The van der Waals surface area contributed by atoms with Crippen LogP contribution in [0.5, 0.6) is 0 Å². The summed E-state index contributed by atoms with van der Waals surface area (Å²) in [5.41, 5.74) is 2.04. The molecule has 26 heavy (non-hydrogen) atoms. The molecule has 3 N–H and O–H groups in total. The minimum Gasteiger partial charge on any atom is -0.392 e. The molecule has 1 saturated heterocycles. The van der Waals surface area contributed by atoms with E-state index in [1.54, 1.807) is 0 Å².